The molecule has 1 unspecified atom stereocenters. The molecule has 0 amide bonds. The maximum absolute atomic E-state index is 12.0. The van der Waals surface area contributed by atoms with Gasteiger partial charge in [0.25, 0.3) is 6.43 Å². The van der Waals surface area contributed by atoms with E-state index in [0.29, 0.717) is 0 Å². The summed E-state index contributed by atoms with van der Waals surface area (Å²) < 4.78 is 39.2. The smallest absolute Gasteiger partial charge is 0.271 e. The first-order chi connectivity index (χ1) is 5.18. The molecule has 5 heteroatoms. The van der Waals surface area contributed by atoms with Gasteiger partial charge in [0.05, 0.1) is 25.7 Å². The second kappa shape index (κ2) is 5.98. The molecule has 0 aliphatic rings. The molecule has 0 saturated carbocycles. The van der Waals surface area contributed by atoms with Gasteiger partial charge in [-0.1, -0.05) is 0 Å². The van der Waals surface area contributed by atoms with Crippen LogP contribution in [0.25, 0.3) is 0 Å². The van der Waals surface area contributed by atoms with Gasteiger partial charge in [0.15, 0.2) is 6.17 Å². The van der Waals surface area contributed by atoms with Crippen LogP contribution in [0.2, 0.25) is 0 Å². The molecule has 0 aliphatic heterocycles. The molecular formula is C6H8F3NO. The van der Waals surface area contributed by atoms with Crippen LogP contribution in [0.15, 0.2) is 0 Å². The first-order valence-corrected chi connectivity index (χ1v) is 3.05. The Kier molecular flexibility index (Phi) is 5.57. The monoisotopic (exact) mass is 167 g/mol. The predicted molar refractivity (Wildman–Crippen MR) is 31.9 cm³/mol. The van der Waals surface area contributed by atoms with Gasteiger partial charge in [0.2, 0.25) is 0 Å². The van der Waals surface area contributed by atoms with E-state index in [1.54, 1.807) is 6.07 Å². The Morgan fingerprint density at radius 1 is 1.36 bits per heavy atom. The lowest BCUT2D eigenvalue weighted by atomic mass is 10.4. The van der Waals surface area contributed by atoms with Crippen molar-refractivity contribution in [1.82, 2.24) is 0 Å². The summed E-state index contributed by atoms with van der Waals surface area (Å²) in [4.78, 5) is 0. The number of alkyl halides is 3. The van der Waals surface area contributed by atoms with E-state index >= 15 is 0 Å². The van der Waals surface area contributed by atoms with Gasteiger partial charge in [-0.3, -0.25) is 0 Å². The third-order valence-corrected chi connectivity index (χ3v) is 0.909. The summed E-state index contributed by atoms with van der Waals surface area (Å²) >= 11 is 0. The van der Waals surface area contributed by atoms with Gasteiger partial charge in [-0.05, 0) is 0 Å². The third kappa shape index (κ3) is 5.67. The number of ether oxygens (including phenoxy) is 1. The highest BCUT2D eigenvalue weighted by Gasteiger charge is 2.18. The highest BCUT2D eigenvalue weighted by molar-refractivity contribution is 4.67. The molecule has 0 radical (unpaired) electrons. The van der Waals surface area contributed by atoms with Crippen LogP contribution in [-0.4, -0.2) is 25.8 Å². The number of hydrogen-bond acceptors (Lipinski definition) is 2. The summed E-state index contributed by atoms with van der Waals surface area (Å²) in [6.45, 7) is -0.636. The lowest BCUT2D eigenvalue weighted by Crippen LogP contribution is -2.19. The van der Waals surface area contributed by atoms with E-state index in [4.69, 9.17) is 5.26 Å². The fraction of sp³-hybridized carbons (Fsp3) is 0.833. The lowest BCUT2D eigenvalue weighted by Gasteiger charge is -2.05. The van der Waals surface area contributed by atoms with Crippen molar-refractivity contribution in [2.45, 2.75) is 19.0 Å². The minimum absolute atomic E-state index is 0.00361. The summed E-state index contributed by atoms with van der Waals surface area (Å²) in [7, 11) is 0. The van der Waals surface area contributed by atoms with Crippen molar-refractivity contribution in [3.63, 3.8) is 0 Å². The molecule has 0 aromatic rings. The van der Waals surface area contributed by atoms with Gasteiger partial charge in [-0.2, -0.15) is 5.26 Å². The van der Waals surface area contributed by atoms with Crippen LogP contribution in [-0.2, 0) is 4.74 Å². The van der Waals surface area contributed by atoms with Gasteiger partial charge in [-0.25, -0.2) is 13.2 Å². The van der Waals surface area contributed by atoms with E-state index < -0.39 is 19.2 Å². The SMILES string of the molecule is N#CCCOCC(F)C(F)F. The van der Waals surface area contributed by atoms with E-state index in [1.165, 1.54) is 0 Å². The van der Waals surface area contributed by atoms with Crippen LogP contribution in [0.3, 0.4) is 0 Å². The Hall–Kier alpha value is -0.760. The predicted octanol–water partition coefficient (Wildman–Crippen LogP) is 1.52. The molecule has 64 valence electrons. The number of rotatable bonds is 5. The van der Waals surface area contributed by atoms with Gasteiger partial charge in [0.1, 0.15) is 0 Å². The Bertz CT molecular complexity index is 134. The average molecular weight is 167 g/mol. The molecule has 0 heterocycles. The van der Waals surface area contributed by atoms with Gasteiger partial charge in [0, 0.05) is 0 Å². The standard InChI is InChI=1S/C6H8F3NO/c7-5(6(8)9)4-11-3-1-2-10/h5-6H,1,3-4H2. The van der Waals surface area contributed by atoms with Crippen molar-refractivity contribution in [3.05, 3.63) is 0 Å². The Morgan fingerprint density at radius 2 is 2.00 bits per heavy atom. The summed E-state index contributed by atoms with van der Waals surface area (Å²) in [6.07, 6.45) is -5.15. The van der Waals surface area contributed by atoms with E-state index in [0.717, 1.165) is 0 Å². The van der Waals surface area contributed by atoms with Gasteiger partial charge < -0.3 is 4.74 Å². The number of nitrogens with zero attached hydrogens (tertiary/aromatic N) is 1. The quantitative estimate of drug-likeness (QED) is 0.581. The van der Waals surface area contributed by atoms with Crippen LogP contribution in [0.1, 0.15) is 6.42 Å². The van der Waals surface area contributed by atoms with Crippen molar-refractivity contribution in [2.24, 2.45) is 0 Å². The topological polar surface area (TPSA) is 33.0 Å². The minimum atomic E-state index is -3.00. The summed E-state index contributed by atoms with van der Waals surface area (Å²) in [6, 6.07) is 1.74. The van der Waals surface area contributed by atoms with E-state index in [2.05, 4.69) is 4.74 Å². The third-order valence-electron chi connectivity index (χ3n) is 0.909. The number of halogens is 3. The minimum Gasteiger partial charge on any atom is -0.377 e. The second-order valence-corrected chi connectivity index (χ2v) is 1.83. The molecule has 1 atom stereocenters. The zero-order valence-electron chi connectivity index (χ0n) is 5.77. The molecule has 0 spiro atoms. The van der Waals surface area contributed by atoms with Crippen LogP contribution in [0.5, 0.6) is 0 Å². The molecule has 0 aromatic carbocycles. The Morgan fingerprint density at radius 3 is 2.45 bits per heavy atom. The Labute approximate surface area is 62.6 Å². The van der Waals surface area contributed by atoms with Crippen molar-refractivity contribution >= 4 is 0 Å². The molecule has 0 aromatic heterocycles. The highest BCUT2D eigenvalue weighted by Crippen LogP contribution is 2.05. The van der Waals surface area contributed by atoms with Crippen molar-refractivity contribution in [2.75, 3.05) is 13.2 Å². The largest absolute Gasteiger partial charge is 0.377 e. The first-order valence-electron chi connectivity index (χ1n) is 3.05. The van der Waals surface area contributed by atoms with E-state index in [9.17, 15) is 13.2 Å². The summed E-state index contributed by atoms with van der Waals surface area (Å²) in [5.41, 5.74) is 0. The van der Waals surface area contributed by atoms with Gasteiger partial charge in [-0.15, -0.1) is 0 Å². The van der Waals surface area contributed by atoms with Crippen LogP contribution < -0.4 is 0 Å². The molecule has 2 nitrogen and oxygen atoms in total. The van der Waals surface area contributed by atoms with Crippen LogP contribution in [0, 0.1) is 11.3 Å². The van der Waals surface area contributed by atoms with Crippen LogP contribution >= 0.6 is 0 Å². The number of hydrogen-bond donors (Lipinski definition) is 0. The molecule has 0 bridgehead atoms. The maximum Gasteiger partial charge on any atom is 0.271 e. The maximum atomic E-state index is 12.0. The second-order valence-electron chi connectivity index (χ2n) is 1.83. The van der Waals surface area contributed by atoms with Crippen molar-refractivity contribution < 1.29 is 17.9 Å². The fourth-order valence-electron chi connectivity index (χ4n) is 0.386. The molecule has 0 fully saturated rings. The first kappa shape index (κ1) is 10.2. The summed E-state index contributed by atoms with van der Waals surface area (Å²) in [5.74, 6) is 0. The Balaban J connectivity index is 3.19. The molecule has 0 N–H and O–H groups in total. The summed E-state index contributed by atoms with van der Waals surface area (Å²) in [5, 5.41) is 7.97. The normalized spacial score (nSPS) is 13.0. The van der Waals surface area contributed by atoms with Gasteiger partial charge >= 0.3 is 0 Å². The molecule has 11 heavy (non-hydrogen) atoms. The zero-order valence-corrected chi connectivity index (χ0v) is 5.77. The van der Waals surface area contributed by atoms with E-state index in [1.807, 2.05) is 0 Å². The van der Waals surface area contributed by atoms with Crippen LogP contribution in [0.4, 0.5) is 13.2 Å². The lowest BCUT2D eigenvalue weighted by molar-refractivity contribution is -0.00906. The molecular weight excluding hydrogens is 159 g/mol. The fourth-order valence-corrected chi connectivity index (χ4v) is 0.386. The number of nitriles is 1. The highest BCUT2D eigenvalue weighted by atomic mass is 19.3. The van der Waals surface area contributed by atoms with Crippen molar-refractivity contribution in [1.29, 1.82) is 5.26 Å². The molecule has 0 aliphatic carbocycles. The zero-order chi connectivity index (χ0) is 8.69. The average Bonchev–Trinajstić information content (AvgIpc) is 1.97. The molecule has 0 saturated heterocycles. The van der Waals surface area contributed by atoms with Crippen molar-refractivity contribution in [3.8, 4) is 6.07 Å². The molecule has 0 rings (SSSR count). The van der Waals surface area contributed by atoms with E-state index in [-0.39, 0.29) is 13.0 Å².